The molecule has 174 valence electrons. The van der Waals surface area contributed by atoms with E-state index in [2.05, 4.69) is 24.5 Å². The number of hydrogen-bond donors (Lipinski definition) is 2. The first-order valence-corrected chi connectivity index (χ1v) is 11.2. The number of hydrogen-bond acceptors (Lipinski definition) is 5. The molecule has 0 aromatic heterocycles. The third-order valence-corrected chi connectivity index (χ3v) is 6.14. The van der Waals surface area contributed by atoms with Gasteiger partial charge < -0.3 is 20.1 Å². The minimum absolute atomic E-state index is 0.0344. The van der Waals surface area contributed by atoms with Crippen molar-refractivity contribution in [1.29, 1.82) is 0 Å². The zero-order valence-electron chi connectivity index (χ0n) is 19.6. The van der Waals surface area contributed by atoms with Gasteiger partial charge in [0, 0.05) is 36.9 Å². The lowest BCUT2D eigenvalue weighted by Gasteiger charge is -2.37. The molecule has 7 heteroatoms. The van der Waals surface area contributed by atoms with Crippen LogP contribution in [0.1, 0.15) is 38.3 Å². The number of nitrogens with one attached hydrogen (secondary N) is 2. The van der Waals surface area contributed by atoms with Crippen molar-refractivity contribution in [2.45, 2.75) is 32.7 Å². The van der Waals surface area contributed by atoms with Gasteiger partial charge in [-0.2, -0.15) is 0 Å². The quantitative estimate of drug-likeness (QED) is 0.649. The van der Waals surface area contributed by atoms with Crippen LogP contribution in [0.5, 0.6) is 5.75 Å². The fraction of sp³-hybridized carbons (Fsp3) is 0.385. The number of rotatable bonds is 5. The lowest BCUT2D eigenvalue weighted by molar-refractivity contribution is -0.118. The summed E-state index contributed by atoms with van der Waals surface area (Å²) in [6.45, 7) is 4.94. The van der Waals surface area contributed by atoms with Crippen LogP contribution in [0.25, 0.3) is 0 Å². The SMILES string of the molecule is COCCNC(=O)N1c2ccccc2NC2=C(C(=O)CC(C)(C)C2)[C@@H]1c1ccccc1OC. The minimum atomic E-state index is -0.640. The summed E-state index contributed by atoms with van der Waals surface area (Å²) in [5, 5.41) is 6.45. The molecule has 2 aromatic carbocycles. The smallest absolute Gasteiger partial charge is 0.322 e. The summed E-state index contributed by atoms with van der Waals surface area (Å²) >= 11 is 0. The van der Waals surface area contributed by atoms with E-state index in [1.54, 1.807) is 19.1 Å². The summed E-state index contributed by atoms with van der Waals surface area (Å²) in [5.74, 6) is 0.660. The Morgan fingerprint density at radius 2 is 1.85 bits per heavy atom. The molecule has 0 bridgehead atoms. The van der Waals surface area contributed by atoms with Crippen LogP contribution < -0.4 is 20.3 Å². The molecule has 33 heavy (non-hydrogen) atoms. The first kappa shape index (κ1) is 22.9. The third kappa shape index (κ3) is 4.46. The molecule has 0 fully saturated rings. The summed E-state index contributed by atoms with van der Waals surface area (Å²) in [4.78, 5) is 29.0. The number of ketones is 1. The Balaban J connectivity index is 1.96. The highest BCUT2D eigenvalue weighted by Crippen LogP contribution is 2.49. The average molecular weight is 450 g/mol. The number of para-hydroxylation sites is 3. The summed E-state index contributed by atoms with van der Waals surface area (Å²) in [5.41, 5.74) is 3.53. The molecule has 2 aromatic rings. The maximum absolute atomic E-state index is 13.6. The standard InChI is InChI=1S/C26H31N3O4/c1-26(2)15-19-23(21(30)16-26)24(17-9-5-8-12-22(17)33-4)29(25(31)27-13-14-32-3)20-11-7-6-10-18(20)28-19/h5-12,24,28H,13-16H2,1-4H3,(H,27,31)/t24-/m0/s1. The first-order valence-electron chi connectivity index (χ1n) is 11.2. The molecule has 0 saturated carbocycles. The number of carbonyl (C=O) groups is 2. The summed E-state index contributed by atoms with van der Waals surface area (Å²) in [6, 6.07) is 14.3. The van der Waals surface area contributed by atoms with Gasteiger partial charge >= 0.3 is 6.03 Å². The van der Waals surface area contributed by atoms with Crippen molar-refractivity contribution in [1.82, 2.24) is 5.32 Å². The molecular weight excluding hydrogens is 418 g/mol. The van der Waals surface area contributed by atoms with Crippen LogP contribution in [0.3, 0.4) is 0 Å². The number of nitrogens with zero attached hydrogens (tertiary/aromatic N) is 1. The molecule has 4 rings (SSSR count). The van der Waals surface area contributed by atoms with Crippen LogP contribution in [0.2, 0.25) is 0 Å². The number of allylic oxidation sites excluding steroid dienone is 1. The molecule has 2 N–H and O–H groups in total. The monoisotopic (exact) mass is 449 g/mol. The van der Waals surface area contributed by atoms with E-state index in [4.69, 9.17) is 9.47 Å². The number of urea groups is 1. The van der Waals surface area contributed by atoms with E-state index < -0.39 is 6.04 Å². The lowest BCUT2D eigenvalue weighted by atomic mass is 9.73. The fourth-order valence-electron chi connectivity index (χ4n) is 4.74. The molecule has 1 atom stereocenters. The second-order valence-corrected chi connectivity index (χ2v) is 9.21. The van der Waals surface area contributed by atoms with Gasteiger partial charge in [0.2, 0.25) is 0 Å². The highest BCUT2D eigenvalue weighted by Gasteiger charge is 2.44. The maximum atomic E-state index is 13.6. The van der Waals surface area contributed by atoms with Crippen molar-refractivity contribution in [3.8, 4) is 5.75 Å². The number of amides is 2. The largest absolute Gasteiger partial charge is 0.496 e. The van der Waals surface area contributed by atoms with E-state index in [0.717, 1.165) is 16.9 Å². The Morgan fingerprint density at radius 3 is 2.61 bits per heavy atom. The zero-order valence-corrected chi connectivity index (χ0v) is 19.6. The second-order valence-electron chi connectivity index (χ2n) is 9.21. The van der Waals surface area contributed by atoms with E-state index >= 15 is 0 Å². The van der Waals surface area contributed by atoms with Crippen molar-refractivity contribution < 1.29 is 19.1 Å². The summed E-state index contributed by atoms with van der Waals surface area (Å²) in [6.07, 6.45) is 1.11. The minimum Gasteiger partial charge on any atom is -0.496 e. The van der Waals surface area contributed by atoms with Gasteiger partial charge in [0.25, 0.3) is 0 Å². The van der Waals surface area contributed by atoms with Crippen molar-refractivity contribution in [2.75, 3.05) is 37.6 Å². The van der Waals surface area contributed by atoms with Gasteiger partial charge in [0.15, 0.2) is 5.78 Å². The first-order chi connectivity index (χ1) is 15.9. The Hall–Kier alpha value is -3.32. The fourth-order valence-corrected chi connectivity index (χ4v) is 4.74. The van der Waals surface area contributed by atoms with Crippen molar-refractivity contribution in [3.05, 3.63) is 65.4 Å². The Bertz CT molecular complexity index is 1090. The van der Waals surface area contributed by atoms with Crippen LogP contribution in [0.15, 0.2) is 59.8 Å². The van der Waals surface area contributed by atoms with E-state index in [0.29, 0.717) is 43.0 Å². The average Bonchev–Trinajstić information content (AvgIpc) is 2.92. The van der Waals surface area contributed by atoms with Crippen LogP contribution in [0.4, 0.5) is 16.2 Å². The topological polar surface area (TPSA) is 79.9 Å². The summed E-state index contributed by atoms with van der Waals surface area (Å²) in [7, 11) is 3.19. The normalized spacial score (nSPS) is 19.2. The number of anilines is 2. The molecule has 0 saturated heterocycles. The van der Waals surface area contributed by atoms with E-state index in [1.807, 2.05) is 48.5 Å². The van der Waals surface area contributed by atoms with Crippen molar-refractivity contribution in [2.24, 2.45) is 5.41 Å². The second kappa shape index (κ2) is 9.27. The van der Waals surface area contributed by atoms with E-state index in [1.165, 1.54) is 0 Å². The van der Waals surface area contributed by atoms with Gasteiger partial charge in [0.05, 0.1) is 31.1 Å². The van der Waals surface area contributed by atoms with Crippen LogP contribution in [-0.2, 0) is 9.53 Å². The number of carbonyl (C=O) groups excluding carboxylic acids is 2. The molecule has 1 aliphatic carbocycles. The molecular formula is C26H31N3O4. The molecule has 1 aliphatic heterocycles. The third-order valence-electron chi connectivity index (χ3n) is 6.14. The van der Waals surface area contributed by atoms with Gasteiger partial charge in [-0.05, 0) is 30.0 Å². The Morgan fingerprint density at radius 1 is 1.12 bits per heavy atom. The molecule has 0 radical (unpaired) electrons. The van der Waals surface area contributed by atoms with Crippen LogP contribution >= 0.6 is 0 Å². The van der Waals surface area contributed by atoms with Gasteiger partial charge in [0.1, 0.15) is 5.75 Å². The van der Waals surface area contributed by atoms with Gasteiger partial charge in [-0.25, -0.2) is 4.79 Å². The highest BCUT2D eigenvalue weighted by atomic mass is 16.5. The highest BCUT2D eigenvalue weighted by molar-refractivity contribution is 6.06. The predicted molar refractivity (Wildman–Crippen MR) is 129 cm³/mol. The molecule has 1 heterocycles. The zero-order chi connectivity index (χ0) is 23.6. The molecule has 2 aliphatic rings. The molecule has 2 amide bonds. The van der Waals surface area contributed by atoms with E-state index in [-0.39, 0.29) is 17.2 Å². The Labute approximate surface area is 194 Å². The number of fused-ring (bicyclic) bond motifs is 1. The van der Waals surface area contributed by atoms with Crippen molar-refractivity contribution in [3.63, 3.8) is 0 Å². The number of methoxy groups -OCH3 is 2. The number of ether oxygens (including phenoxy) is 2. The summed E-state index contributed by atoms with van der Waals surface area (Å²) < 4.78 is 10.8. The number of benzene rings is 2. The van der Waals surface area contributed by atoms with Gasteiger partial charge in [-0.15, -0.1) is 0 Å². The van der Waals surface area contributed by atoms with Crippen molar-refractivity contribution >= 4 is 23.2 Å². The number of Topliss-reactive ketones (excluding diaryl/α,β-unsaturated/α-hetero) is 1. The van der Waals surface area contributed by atoms with Crippen LogP contribution in [-0.4, -0.2) is 39.2 Å². The van der Waals surface area contributed by atoms with Gasteiger partial charge in [-0.1, -0.05) is 44.2 Å². The molecule has 7 nitrogen and oxygen atoms in total. The maximum Gasteiger partial charge on any atom is 0.322 e. The Kier molecular flexibility index (Phi) is 6.42. The van der Waals surface area contributed by atoms with E-state index in [9.17, 15) is 9.59 Å². The van der Waals surface area contributed by atoms with Gasteiger partial charge in [-0.3, -0.25) is 9.69 Å². The molecule has 0 unspecified atom stereocenters. The molecule has 0 spiro atoms. The van der Waals surface area contributed by atoms with Crippen LogP contribution in [0, 0.1) is 5.41 Å². The lowest BCUT2D eigenvalue weighted by Crippen LogP contribution is -2.45. The predicted octanol–water partition coefficient (Wildman–Crippen LogP) is 4.67.